The quantitative estimate of drug-likeness (QED) is 0.778. The van der Waals surface area contributed by atoms with Crippen LogP contribution in [0, 0.1) is 0 Å². The van der Waals surface area contributed by atoms with Crippen LogP contribution in [-0.2, 0) is 13.1 Å². The van der Waals surface area contributed by atoms with E-state index in [0.29, 0.717) is 5.58 Å². The number of benzene rings is 1. The van der Waals surface area contributed by atoms with Gasteiger partial charge >= 0.3 is 5.97 Å². The Kier molecular flexibility index (Phi) is 3.50. The lowest BCUT2D eigenvalue weighted by Crippen LogP contribution is -2.16. The molecule has 5 heteroatoms. The highest BCUT2D eigenvalue weighted by molar-refractivity contribution is 5.91. The van der Waals surface area contributed by atoms with Crippen molar-refractivity contribution >= 4 is 16.9 Å². The van der Waals surface area contributed by atoms with Crippen molar-refractivity contribution in [3.05, 3.63) is 59.7 Å². The predicted octanol–water partition coefficient (Wildman–Crippen LogP) is 3.36. The number of aromatic carboxylic acids is 1. The lowest BCUT2D eigenvalue weighted by Gasteiger charge is -2.15. The van der Waals surface area contributed by atoms with Crippen LogP contribution >= 0.6 is 0 Å². The minimum Gasteiger partial charge on any atom is -0.475 e. The second-order valence-corrected chi connectivity index (χ2v) is 5.04. The number of rotatable bonds is 5. The fourth-order valence-electron chi connectivity index (χ4n) is 2.33. The minimum absolute atomic E-state index is 0.0360. The standard InChI is InChI=1S/C16H15NO4/c1-17(10-13-3-2-6-20-13)9-11-4-5-14-12(7-11)8-15(21-14)16(18)19/h2-8H,9-10H2,1H3,(H,18,19). The first-order chi connectivity index (χ1) is 10.1. The third-order valence-electron chi connectivity index (χ3n) is 3.25. The number of hydrogen-bond acceptors (Lipinski definition) is 4. The van der Waals surface area contributed by atoms with E-state index < -0.39 is 5.97 Å². The summed E-state index contributed by atoms with van der Waals surface area (Å²) in [5.74, 6) is -0.177. The highest BCUT2D eigenvalue weighted by Crippen LogP contribution is 2.21. The fraction of sp³-hybridized carbons (Fsp3) is 0.188. The van der Waals surface area contributed by atoms with Gasteiger partial charge in [-0.05, 0) is 42.9 Å². The molecule has 0 spiro atoms. The van der Waals surface area contributed by atoms with Gasteiger partial charge in [-0.25, -0.2) is 4.79 Å². The van der Waals surface area contributed by atoms with E-state index >= 15 is 0 Å². The van der Waals surface area contributed by atoms with Gasteiger partial charge in [-0.1, -0.05) is 6.07 Å². The molecule has 0 aliphatic rings. The minimum atomic E-state index is -1.05. The van der Waals surface area contributed by atoms with Crippen LogP contribution in [0.1, 0.15) is 21.9 Å². The third kappa shape index (κ3) is 2.98. The molecule has 1 N–H and O–H groups in total. The summed E-state index contributed by atoms with van der Waals surface area (Å²) < 4.78 is 10.6. The number of fused-ring (bicyclic) bond motifs is 1. The molecule has 0 saturated carbocycles. The van der Waals surface area contributed by atoms with Crippen molar-refractivity contribution < 1.29 is 18.7 Å². The molecule has 0 atom stereocenters. The Balaban J connectivity index is 1.76. The van der Waals surface area contributed by atoms with Crippen molar-refractivity contribution in [2.24, 2.45) is 0 Å². The van der Waals surface area contributed by atoms with Gasteiger partial charge in [-0.15, -0.1) is 0 Å². The lowest BCUT2D eigenvalue weighted by molar-refractivity contribution is 0.0665. The molecule has 2 heterocycles. The summed E-state index contributed by atoms with van der Waals surface area (Å²) in [6.45, 7) is 1.46. The van der Waals surface area contributed by atoms with Crippen LogP contribution in [0.4, 0.5) is 0 Å². The third-order valence-corrected chi connectivity index (χ3v) is 3.25. The smallest absolute Gasteiger partial charge is 0.371 e. The zero-order valence-corrected chi connectivity index (χ0v) is 11.6. The van der Waals surface area contributed by atoms with Crippen LogP contribution in [0.3, 0.4) is 0 Å². The maximum atomic E-state index is 10.9. The van der Waals surface area contributed by atoms with E-state index in [-0.39, 0.29) is 5.76 Å². The van der Waals surface area contributed by atoms with E-state index in [9.17, 15) is 4.79 Å². The van der Waals surface area contributed by atoms with Crippen molar-refractivity contribution in [3.8, 4) is 0 Å². The molecule has 0 bridgehead atoms. The van der Waals surface area contributed by atoms with Crippen LogP contribution in [-0.4, -0.2) is 23.0 Å². The highest BCUT2D eigenvalue weighted by Gasteiger charge is 2.11. The number of nitrogens with zero attached hydrogens (tertiary/aromatic N) is 1. The van der Waals surface area contributed by atoms with Crippen LogP contribution in [0.5, 0.6) is 0 Å². The van der Waals surface area contributed by atoms with Gasteiger partial charge in [0.1, 0.15) is 11.3 Å². The van der Waals surface area contributed by atoms with Crippen molar-refractivity contribution in [3.63, 3.8) is 0 Å². The fourth-order valence-corrected chi connectivity index (χ4v) is 2.33. The lowest BCUT2D eigenvalue weighted by atomic mass is 10.1. The van der Waals surface area contributed by atoms with Crippen molar-refractivity contribution in [1.82, 2.24) is 4.90 Å². The molecule has 108 valence electrons. The molecular formula is C16H15NO4. The zero-order valence-electron chi connectivity index (χ0n) is 11.6. The van der Waals surface area contributed by atoms with Gasteiger partial charge in [0.15, 0.2) is 0 Å². The molecule has 0 amide bonds. The average Bonchev–Trinajstić information content (AvgIpc) is 3.06. The van der Waals surface area contributed by atoms with Crippen LogP contribution in [0.15, 0.2) is 51.5 Å². The van der Waals surface area contributed by atoms with Gasteiger partial charge in [0.25, 0.3) is 0 Å². The molecule has 0 fully saturated rings. The van der Waals surface area contributed by atoms with Crippen molar-refractivity contribution in [1.29, 1.82) is 0 Å². The first-order valence-corrected chi connectivity index (χ1v) is 6.58. The number of carboxylic acid groups (broad SMARTS) is 1. The van der Waals surface area contributed by atoms with Crippen LogP contribution in [0.2, 0.25) is 0 Å². The topological polar surface area (TPSA) is 66.8 Å². The molecule has 3 aromatic rings. The monoisotopic (exact) mass is 285 g/mol. The molecule has 21 heavy (non-hydrogen) atoms. The summed E-state index contributed by atoms with van der Waals surface area (Å²) in [6, 6.07) is 11.1. The molecule has 0 unspecified atom stereocenters. The van der Waals surface area contributed by atoms with Gasteiger partial charge in [-0.2, -0.15) is 0 Å². The summed E-state index contributed by atoms with van der Waals surface area (Å²) in [5.41, 5.74) is 1.68. The Hall–Kier alpha value is -2.53. The normalized spacial score (nSPS) is 11.3. The Morgan fingerprint density at radius 1 is 1.24 bits per heavy atom. The van der Waals surface area contributed by atoms with Crippen molar-refractivity contribution in [2.45, 2.75) is 13.1 Å². The van der Waals surface area contributed by atoms with E-state index in [1.54, 1.807) is 18.4 Å². The van der Waals surface area contributed by atoms with Crippen molar-refractivity contribution in [2.75, 3.05) is 7.05 Å². The first kappa shape index (κ1) is 13.5. The number of furan rings is 2. The average molecular weight is 285 g/mol. The Labute approximate surface area is 121 Å². The van der Waals surface area contributed by atoms with E-state index in [2.05, 4.69) is 4.90 Å². The maximum absolute atomic E-state index is 10.9. The first-order valence-electron chi connectivity index (χ1n) is 6.58. The number of carboxylic acids is 1. The summed E-state index contributed by atoms with van der Waals surface area (Å²) >= 11 is 0. The van der Waals surface area contributed by atoms with Gasteiger partial charge in [0.2, 0.25) is 5.76 Å². The molecule has 2 aromatic heterocycles. The summed E-state index contributed by atoms with van der Waals surface area (Å²) in [6.07, 6.45) is 1.66. The van der Waals surface area contributed by atoms with Gasteiger partial charge < -0.3 is 13.9 Å². The maximum Gasteiger partial charge on any atom is 0.371 e. The molecule has 0 saturated heterocycles. The molecule has 1 aromatic carbocycles. The van der Waals surface area contributed by atoms with E-state index in [4.69, 9.17) is 13.9 Å². The molecule has 3 rings (SSSR count). The summed E-state index contributed by atoms with van der Waals surface area (Å²) in [7, 11) is 2.00. The Bertz CT molecular complexity index is 758. The Morgan fingerprint density at radius 2 is 2.10 bits per heavy atom. The van der Waals surface area contributed by atoms with Crippen LogP contribution in [0.25, 0.3) is 11.0 Å². The summed E-state index contributed by atoms with van der Waals surface area (Å²) in [4.78, 5) is 13.0. The second kappa shape index (κ2) is 5.46. The molecular weight excluding hydrogens is 270 g/mol. The van der Waals surface area contributed by atoms with Gasteiger partial charge in [-0.3, -0.25) is 4.90 Å². The molecule has 0 radical (unpaired) electrons. The zero-order chi connectivity index (χ0) is 14.8. The van der Waals surface area contributed by atoms with Gasteiger partial charge in [0, 0.05) is 11.9 Å². The number of hydrogen-bond donors (Lipinski definition) is 1. The second-order valence-electron chi connectivity index (χ2n) is 5.04. The van der Waals surface area contributed by atoms with Gasteiger partial charge in [0.05, 0.1) is 12.8 Å². The van der Waals surface area contributed by atoms with E-state index in [1.165, 1.54) is 0 Å². The van der Waals surface area contributed by atoms with Crippen LogP contribution < -0.4 is 0 Å². The molecule has 0 aliphatic carbocycles. The van der Waals surface area contributed by atoms with E-state index in [1.807, 2.05) is 31.3 Å². The summed E-state index contributed by atoms with van der Waals surface area (Å²) in [5, 5.41) is 9.73. The highest BCUT2D eigenvalue weighted by atomic mass is 16.4. The van der Waals surface area contributed by atoms with E-state index in [0.717, 1.165) is 29.8 Å². The number of carbonyl (C=O) groups is 1. The molecule has 5 nitrogen and oxygen atoms in total. The SMILES string of the molecule is CN(Cc1ccc2oc(C(=O)O)cc2c1)Cc1ccco1. The molecule has 0 aliphatic heterocycles. The predicted molar refractivity (Wildman–Crippen MR) is 77.1 cm³/mol. The Morgan fingerprint density at radius 3 is 2.81 bits per heavy atom. The largest absolute Gasteiger partial charge is 0.475 e.